The molecular formula is C21H22N2O2. The highest BCUT2D eigenvalue weighted by Gasteiger charge is 2.56. The van der Waals surface area contributed by atoms with Crippen LogP contribution in [0.2, 0.25) is 0 Å². The summed E-state index contributed by atoms with van der Waals surface area (Å²) in [6.45, 7) is 2.68. The van der Waals surface area contributed by atoms with Crippen LogP contribution in [0.4, 0.5) is 4.79 Å². The van der Waals surface area contributed by atoms with Gasteiger partial charge in [-0.15, -0.1) is 0 Å². The molecule has 2 amide bonds. The summed E-state index contributed by atoms with van der Waals surface area (Å²) < 4.78 is 5.74. The minimum Gasteiger partial charge on any atom is -0.493 e. The number of hydrogen-bond acceptors (Lipinski definition) is 2. The fourth-order valence-electron chi connectivity index (χ4n) is 4.65. The first-order chi connectivity index (χ1) is 12.2. The van der Waals surface area contributed by atoms with Crippen LogP contribution in [0.15, 0.2) is 48.5 Å². The summed E-state index contributed by atoms with van der Waals surface area (Å²) in [7, 11) is 0. The lowest BCUT2D eigenvalue weighted by atomic mass is 9.94. The van der Waals surface area contributed by atoms with E-state index in [1.807, 2.05) is 18.2 Å². The van der Waals surface area contributed by atoms with Crippen molar-refractivity contribution in [3.8, 4) is 5.75 Å². The fraction of sp³-hybridized carbons (Fsp3) is 0.381. The monoisotopic (exact) mass is 334 g/mol. The van der Waals surface area contributed by atoms with Crippen molar-refractivity contribution in [1.29, 1.82) is 0 Å². The normalized spacial score (nSPS) is 29.0. The summed E-state index contributed by atoms with van der Waals surface area (Å²) in [6.07, 6.45) is 1.09. The predicted molar refractivity (Wildman–Crippen MR) is 96.0 cm³/mol. The van der Waals surface area contributed by atoms with Gasteiger partial charge in [-0.3, -0.25) is 0 Å². The molecule has 128 valence electrons. The van der Waals surface area contributed by atoms with Gasteiger partial charge in [0.1, 0.15) is 5.75 Å². The molecule has 1 heterocycles. The first-order valence-electron chi connectivity index (χ1n) is 9.09. The molecule has 1 fully saturated rings. The number of carbonyl (C=O) groups is 1. The number of hydrogen-bond donors (Lipinski definition) is 2. The van der Waals surface area contributed by atoms with Crippen LogP contribution in [0.5, 0.6) is 5.75 Å². The predicted octanol–water partition coefficient (Wildman–Crippen LogP) is 3.19. The van der Waals surface area contributed by atoms with Gasteiger partial charge >= 0.3 is 6.03 Å². The highest BCUT2D eigenvalue weighted by molar-refractivity contribution is 5.76. The zero-order valence-electron chi connectivity index (χ0n) is 14.2. The van der Waals surface area contributed by atoms with Gasteiger partial charge in [-0.05, 0) is 36.5 Å². The second-order valence-corrected chi connectivity index (χ2v) is 7.48. The van der Waals surface area contributed by atoms with Gasteiger partial charge in [0.2, 0.25) is 0 Å². The van der Waals surface area contributed by atoms with E-state index in [-0.39, 0.29) is 24.0 Å². The zero-order valence-corrected chi connectivity index (χ0v) is 14.2. The molecule has 0 aromatic heterocycles. The van der Waals surface area contributed by atoms with E-state index >= 15 is 0 Å². The summed E-state index contributed by atoms with van der Waals surface area (Å²) in [6, 6.07) is 16.9. The number of para-hydroxylation sites is 1. The highest BCUT2D eigenvalue weighted by Crippen LogP contribution is 2.56. The molecule has 2 aliphatic carbocycles. The van der Waals surface area contributed by atoms with Crippen molar-refractivity contribution in [1.82, 2.24) is 10.6 Å². The smallest absolute Gasteiger partial charge is 0.315 e. The molecule has 25 heavy (non-hydrogen) atoms. The van der Waals surface area contributed by atoms with E-state index < -0.39 is 0 Å². The van der Waals surface area contributed by atoms with Crippen LogP contribution in [0.3, 0.4) is 0 Å². The highest BCUT2D eigenvalue weighted by atomic mass is 16.5. The SMILES string of the molecule is C[C@H](NC(=O)N[C@@H]1[C@@H]2Cc3ccccc3[C@H]21)[C@@H]1COc2ccccc21. The molecule has 2 aromatic rings. The number of nitrogens with one attached hydrogen (secondary N) is 2. The Morgan fingerprint density at radius 1 is 1.12 bits per heavy atom. The molecule has 1 aliphatic heterocycles. The number of rotatable bonds is 3. The van der Waals surface area contributed by atoms with Crippen LogP contribution in [0.1, 0.15) is 35.4 Å². The van der Waals surface area contributed by atoms with Crippen molar-refractivity contribution in [3.63, 3.8) is 0 Å². The maximum Gasteiger partial charge on any atom is 0.315 e. The van der Waals surface area contributed by atoms with Crippen LogP contribution in [-0.4, -0.2) is 24.7 Å². The van der Waals surface area contributed by atoms with Gasteiger partial charge in [0.15, 0.2) is 0 Å². The van der Waals surface area contributed by atoms with Crippen molar-refractivity contribution in [2.75, 3.05) is 6.61 Å². The van der Waals surface area contributed by atoms with Crippen molar-refractivity contribution in [2.24, 2.45) is 5.92 Å². The summed E-state index contributed by atoms with van der Waals surface area (Å²) >= 11 is 0. The number of ether oxygens (including phenoxy) is 1. The molecular weight excluding hydrogens is 312 g/mol. The lowest BCUT2D eigenvalue weighted by Crippen LogP contribution is -2.45. The van der Waals surface area contributed by atoms with E-state index in [1.54, 1.807) is 0 Å². The summed E-state index contributed by atoms with van der Waals surface area (Å²) in [5, 5.41) is 6.30. The van der Waals surface area contributed by atoms with Gasteiger partial charge in [-0.1, -0.05) is 42.5 Å². The molecule has 4 nitrogen and oxygen atoms in total. The second-order valence-electron chi connectivity index (χ2n) is 7.48. The van der Waals surface area contributed by atoms with Gasteiger partial charge in [0, 0.05) is 29.5 Å². The van der Waals surface area contributed by atoms with Gasteiger partial charge in [0.25, 0.3) is 0 Å². The van der Waals surface area contributed by atoms with Crippen molar-refractivity contribution >= 4 is 6.03 Å². The third-order valence-electron chi connectivity index (χ3n) is 6.04. The van der Waals surface area contributed by atoms with Gasteiger partial charge in [0.05, 0.1) is 6.61 Å². The quantitative estimate of drug-likeness (QED) is 0.906. The van der Waals surface area contributed by atoms with Crippen LogP contribution in [0, 0.1) is 5.92 Å². The molecule has 4 heteroatoms. The van der Waals surface area contributed by atoms with Crippen LogP contribution < -0.4 is 15.4 Å². The van der Waals surface area contributed by atoms with Gasteiger partial charge < -0.3 is 15.4 Å². The standard InChI is InChI=1S/C21H22N2O2/c1-12(17-11-25-18-9-5-4-8-15(17)18)22-21(24)23-20-16-10-13-6-2-3-7-14(13)19(16)20/h2-9,12,16-17,19-20H,10-11H2,1H3,(H2,22,23,24)/t12-,16+,17-,19+,20+/m0/s1. The van der Waals surface area contributed by atoms with Crippen LogP contribution in [-0.2, 0) is 6.42 Å². The molecule has 1 saturated carbocycles. The third kappa shape index (κ3) is 2.39. The molecule has 0 saturated heterocycles. The fourth-order valence-corrected chi connectivity index (χ4v) is 4.65. The summed E-state index contributed by atoms with van der Waals surface area (Å²) in [5.74, 6) is 2.23. The molecule has 2 aromatic carbocycles. The van der Waals surface area contributed by atoms with Gasteiger partial charge in [-0.2, -0.15) is 0 Å². The largest absolute Gasteiger partial charge is 0.493 e. The van der Waals surface area contributed by atoms with Crippen LogP contribution >= 0.6 is 0 Å². The molecule has 3 aliphatic rings. The average Bonchev–Trinajstić information content (AvgIpc) is 3.00. The minimum absolute atomic E-state index is 0.0366. The van der Waals surface area contributed by atoms with E-state index in [9.17, 15) is 4.79 Å². The Hall–Kier alpha value is -2.49. The maximum absolute atomic E-state index is 12.5. The van der Waals surface area contributed by atoms with Crippen molar-refractivity contribution in [2.45, 2.75) is 37.3 Å². The van der Waals surface area contributed by atoms with Crippen molar-refractivity contribution in [3.05, 3.63) is 65.2 Å². The molecule has 0 unspecified atom stereocenters. The number of benzene rings is 2. The first kappa shape index (κ1) is 14.8. The minimum atomic E-state index is -0.0613. The molecule has 0 radical (unpaired) electrons. The third-order valence-corrected chi connectivity index (χ3v) is 6.04. The molecule has 5 atom stereocenters. The van der Waals surface area contributed by atoms with E-state index in [0.29, 0.717) is 18.4 Å². The first-order valence-corrected chi connectivity index (χ1v) is 9.09. The van der Waals surface area contributed by atoms with E-state index in [0.717, 1.165) is 12.2 Å². The summed E-state index contributed by atoms with van der Waals surface area (Å²) in [5.41, 5.74) is 4.06. The zero-order chi connectivity index (χ0) is 17.0. The number of fused-ring (bicyclic) bond motifs is 4. The lowest BCUT2D eigenvalue weighted by Gasteiger charge is -2.20. The van der Waals surface area contributed by atoms with E-state index in [1.165, 1.54) is 16.7 Å². The lowest BCUT2D eigenvalue weighted by molar-refractivity contribution is 0.232. The Morgan fingerprint density at radius 3 is 2.76 bits per heavy atom. The van der Waals surface area contributed by atoms with E-state index in [2.05, 4.69) is 47.9 Å². The van der Waals surface area contributed by atoms with Crippen LogP contribution in [0.25, 0.3) is 0 Å². The second kappa shape index (κ2) is 5.51. The Morgan fingerprint density at radius 2 is 1.88 bits per heavy atom. The molecule has 0 bridgehead atoms. The van der Waals surface area contributed by atoms with Crippen molar-refractivity contribution < 1.29 is 9.53 Å². The molecule has 0 spiro atoms. The Bertz CT molecular complexity index is 834. The van der Waals surface area contributed by atoms with E-state index in [4.69, 9.17) is 4.74 Å². The topological polar surface area (TPSA) is 50.4 Å². The molecule has 2 N–H and O–H groups in total. The Labute approximate surface area is 147 Å². The van der Waals surface area contributed by atoms with Gasteiger partial charge in [-0.25, -0.2) is 4.79 Å². The average molecular weight is 334 g/mol. The Balaban J connectivity index is 1.20. The number of urea groups is 1. The number of amides is 2. The maximum atomic E-state index is 12.5. The molecule has 5 rings (SSSR count). The Kier molecular flexibility index (Phi) is 3.27. The summed E-state index contributed by atoms with van der Waals surface area (Å²) in [4.78, 5) is 12.5. The number of carbonyl (C=O) groups excluding carboxylic acids is 1.